The third kappa shape index (κ3) is 4.55. The Morgan fingerprint density at radius 3 is 3.16 bits per heavy atom. The zero-order chi connectivity index (χ0) is 13.5. The van der Waals surface area contributed by atoms with Crippen LogP contribution in [0, 0.1) is 0 Å². The Labute approximate surface area is 113 Å². The summed E-state index contributed by atoms with van der Waals surface area (Å²) in [6.45, 7) is 5.51. The van der Waals surface area contributed by atoms with E-state index in [1.807, 2.05) is 6.07 Å². The van der Waals surface area contributed by atoms with Crippen molar-refractivity contribution in [1.29, 1.82) is 0 Å². The first-order valence-corrected chi connectivity index (χ1v) is 6.99. The molecule has 3 N–H and O–H groups in total. The van der Waals surface area contributed by atoms with Gasteiger partial charge in [-0.3, -0.25) is 10.00 Å². The molecule has 1 atom stereocenters. The van der Waals surface area contributed by atoms with Gasteiger partial charge in [-0.2, -0.15) is 5.10 Å². The fourth-order valence-electron chi connectivity index (χ4n) is 2.42. The molecular formula is C13H23N5O. The van der Waals surface area contributed by atoms with Crippen LogP contribution in [0.2, 0.25) is 0 Å². The number of rotatable bonds is 5. The van der Waals surface area contributed by atoms with E-state index in [0.29, 0.717) is 19.1 Å². The van der Waals surface area contributed by atoms with Gasteiger partial charge in [0, 0.05) is 25.3 Å². The Morgan fingerprint density at radius 1 is 1.53 bits per heavy atom. The highest BCUT2D eigenvalue weighted by Crippen LogP contribution is 2.15. The minimum atomic E-state index is -0.126. The summed E-state index contributed by atoms with van der Waals surface area (Å²) in [6.07, 6.45) is 5.55. The molecule has 6 nitrogen and oxygen atoms in total. The SMILES string of the molecule is C[C@@H]1CCCCN1CCNC(=O)NCc1ccn[nH]1. The first-order valence-electron chi connectivity index (χ1n) is 6.99. The maximum Gasteiger partial charge on any atom is 0.315 e. The van der Waals surface area contributed by atoms with Gasteiger partial charge in [0.2, 0.25) is 0 Å². The lowest BCUT2D eigenvalue weighted by Gasteiger charge is -2.33. The molecule has 0 spiro atoms. The van der Waals surface area contributed by atoms with E-state index in [1.54, 1.807) is 6.20 Å². The molecule has 2 amide bonds. The highest BCUT2D eigenvalue weighted by Gasteiger charge is 2.17. The largest absolute Gasteiger partial charge is 0.337 e. The van der Waals surface area contributed by atoms with Gasteiger partial charge in [0.25, 0.3) is 0 Å². The first kappa shape index (κ1) is 13.9. The number of carbonyl (C=O) groups is 1. The van der Waals surface area contributed by atoms with Gasteiger partial charge in [0.15, 0.2) is 0 Å². The predicted octanol–water partition coefficient (Wildman–Crippen LogP) is 1.08. The number of carbonyl (C=O) groups excluding carboxylic acids is 1. The molecule has 106 valence electrons. The molecule has 1 fully saturated rings. The van der Waals surface area contributed by atoms with Gasteiger partial charge in [-0.1, -0.05) is 6.42 Å². The molecule has 1 aliphatic heterocycles. The van der Waals surface area contributed by atoms with Crippen molar-refractivity contribution >= 4 is 6.03 Å². The average Bonchev–Trinajstić information content (AvgIpc) is 2.92. The highest BCUT2D eigenvalue weighted by atomic mass is 16.2. The van der Waals surface area contributed by atoms with Gasteiger partial charge in [-0.05, 0) is 32.4 Å². The Bertz CT molecular complexity index is 378. The highest BCUT2D eigenvalue weighted by molar-refractivity contribution is 5.73. The predicted molar refractivity (Wildman–Crippen MR) is 73.7 cm³/mol. The third-order valence-electron chi connectivity index (χ3n) is 3.62. The van der Waals surface area contributed by atoms with E-state index in [2.05, 4.69) is 32.7 Å². The number of hydrogen-bond acceptors (Lipinski definition) is 3. The minimum absolute atomic E-state index is 0.126. The number of nitrogens with one attached hydrogen (secondary N) is 3. The van der Waals surface area contributed by atoms with Crippen LogP contribution in [0.4, 0.5) is 4.79 Å². The molecule has 1 aromatic rings. The van der Waals surface area contributed by atoms with Crippen LogP contribution in [0.3, 0.4) is 0 Å². The van der Waals surface area contributed by atoms with Gasteiger partial charge in [-0.25, -0.2) is 4.79 Å². The number of aromatic nitrogens is 2. The van der Waals surface area contributed by atoms with E-state index in [9.17, 15) is 4.79 Å². The fraction of sp³-hybridized carbons (Fsp3) is 0.692. The van der Waals surface area contributed by atoms with E-state index >= 15 is 0 Å². The lowest BCUT2D eigenvalue weighted by atomic mass is 10.0. The van der Waals surface area contributed by atoms with Gasteiger partial charge >= 0.3 is 6.03 Å². The number of nitrogens with zero attached hydrogens (tertiary/aromatic N) is 2. The zero-order valence-corrected chi connectivity index (χ0v) is 11.5. The summed E-state index contributed by atoms with van der Waals surface area (Å²) in [5.74, 6) is 0. The minimum Gasteiger partial charge on any atom is -0.337 e. The summed E-state index contributed by atoms with van der Waals surface area (Å²) in [5, 5.41) is 12.3. The summed E-state index contributed by atoms with van der Waals surface area (Å²) >= 11 is 0. The molecule has 19 heavy (non-hydrogen) atoms. The molecule has 0 unspecified atom stereocenters. The molecule has 1 aliphatic rings. The summed E-state index contributed by atoms with van der Waals surface area (Å²) in [6, 6.07) is 2.36. The molecule has 1 aromatic heterocycles. The summed E-state index contributed by atoms with van der Waals surface area (Å²) in [5.41, 5.74) is 0.903. The van der Waals surface area contributed by atoms with Crippen molar-refractivity contribution in [2.24, 2.45) is 0 Å². The second-order valence-corrected chi connectivity index (χ2v) is 5.07. The Kier molecular flexibility index (Phi) is 5.20. The molecule has 0 aromatic carbocycles. The molecule has 6 heteroatoms. The van der Waals surface area contributed by atoms with E-state index in [0.717, 1.165) is 18.8 Å². The fourth-order valence-corrected chi connectivity index (χ4v) is 2.42. The van der Waals surface area contributed by atoms with Crippen LogP contribution in [0.1, 0.15) is 31.9 Å². The number of aromatic amines is 1. The maximum absolute atomic E-state index is 11.6. The normalized spacial score (nSPS) is 20.2. The van der Waals surface area contributed by atoms with Crippen LogP contribution in [0.25, 0.3) is 0 Å². The van der Waals surface area contributed by atoms with Crippen LogP contribution in [-0.4, -0.2) is 46.8 Å². The van der Waals surface area contributed by atoms with Crippen LogP contribution in [0.15, 0.2) is 12.3 Å². The monoisotopic (exact) mass is 265 g/mol. The van der Waals surface area contributed by atoms with Crippen molar-refractivity contribution in [3.63, 3.8) is 0 Å². The summed E-state index contributed by atoms with van der Waals surface area (Å²) in [4.78, 5) is 14.0. The van der Waals surface area contributed by atoms with Gasteiger partial charge in [-0.15, -0.1) is 0 Å². The smallest absolute Gasteiger partial charge is 0.315 e. The Hall–Kier alpha value is -1.56. The molecular weight excluding hydrogens is 242 g/mol. The zero-order valence-electron chi connectivity index (χ0n) is 11.5. The van der Waals surface area contributed by atoms with Gasteiger partial charge in [0.05, 0.1) is 12.2 Å². The Morgan fingerprint density at radius 2 is 2.42 bits per heavy atom. The second-order valence-electron chi connectivity index (χ2n) is 5.07. The second kappa shape index (κ2) is 7.13. The van der Waals surface area contributed by atoms with E-state index in [-0.39, 0.29) is 6.03 Å². The third-order valence-corrected chi connectivity index (χ3v) is 3.62. The van der Waals surface area contributed by atoms with Gasteiger partial charge in [0.1, 0.15) is 0 Å². The van der Waals surface area contributed by atoms with Crippen molar-refractivity contribution in [3.8, 4) is 0 Å². The number of amides is 2. The lowest BCUT2D eigenvalue weighted by molar-refractivity contribution is 0.161. The first-order chi connectivity index (χ1) is 9.25. The molecule has 0 radical (unpaired) electrons. The van der Waals surface area contributed by atoms with Crippen molar-refractivity contribution in [2.75, 3.05) is 19.6 Å². The van der Waals surface area contributed by atoms with Crippen LogP contribution < -0.4 is 10.6 Å². The van der Waals surface area contributed by atoms with Crippen molar-refractivity contribution in [1.82, 2.24) is 25.7 Å². The molecule has 1 saturated heterocycles. The molecule has 0 aliphatic carbocycles. The van der Waals surface area contributed by atoms with E-state index < -0.39 is 0 Å². The maximum atomic E-state index is 11.6. The topological polar surface area (TPSA) is 73.1 Å². The quantitative estimate of drug-likeness (QED) is 0.746. The molecule has 2 rings (SSSR count). The number of piperidine rings is 1. The van der Waals surface area contributed by atoms with E-state index in [4.69, 9.17) is 0 Å². The van der Waals surface area contributed by atoms with Crippen molar-refractivity contribution in [2.45, 2.75) is 38.8 Å². The van der Waals surface area contributed by atoms with Crippen LogP contribution in [0.5, 0.6) is 0 Å². The van der Waals surface area contributed by atoms with E-state index in [1.165, 1.54) is 19.3 Å². The van der Waals surface area contributed by atoms with Crippen LogP contribution in [-0.2, 0) is 6.54 Å². The molecule has 0 bridgehead atoms. The summed E-state index contributed by atoms with van der Waals surface area (Å²) < 4.78 is 0. The molecule has 2 heterocycles. The number of hydrogen-bond donors (Lipinski definition) is 3. The van der Waals surface area contributed by atoms with Gasteiger partial charge < -0.3 is 10.6 Å². The number of H-pyrrole nitrogens is 1. The van der Waals surface area contributed by atoms with Crippen LogP contribution >= 0.6 is 0 Å². The average molecular weight is 265 g/mol. The number of likely N-dealkylation sites (tertiary alicyclic amines) is 1. The molecule has 0 saturated carbocycles. The van der Waals surface area contributed by atoms with Crippen molar-refractivity contribution in [3.05, 3.63) is 18.0 Å². The Balaban J connectivity index is 1.58. The summed E-state index contributed by atoms with van der Waals surface area (Å²) in [7, 11) is 0. The van der Waals surface area contributed by atoms with Crippen molar-refractivity contribution < 1.29 is 4.79 Å². The number of urea groups is 1. The lowest BCUT2D eigenvalue weighted by Crippen LogP contribution is -2.44. The standard InChI is InChI=1S/C13H23N5O/c1-11-4-2-3-8-18(11)9-7-14-13(19)15-10-12-5-6-16-17-12/h5-6,11H,2-4,7-10H2,1H3,(H,16,17)(H2,14,15,19)/t11-/m1/s1.